The lowest BCUT2D eigenvalue weighted by molar-refractivity contribution is 0.418. The largest absolute Gasteiger partial charge is 0.343 e. The molecule has 0 saturated carbocycles. The van der Waals surface area contributed by atoms with Crippen LogP contribution in [0, 0.1) is 0 Å². The van der Waals surface area contributed by atoms with E-state index < -0.39 is 0 Å². The van der Waals surface area contributed by atoms with Crippen molar-refractivity contribution in [2.24, 2.45) is 0 Å². The van der Waals surface area contributed by atoms with Crippen molar-refractivity contribution < 1.29 is 4.52 Å². The number of halogens is 1. The van der Waals surface area contributed by atoms with Gasteiger partial charge in [0.1, 0.15) is 5.15 Å². The summed E-state index contributed by atoms with van der Waals surface area (Å²) < 4.78 is 4.55. The molecule has 0 atom stereocenters. The van der Waals surface area contributed by atoms with E-state index in [-0.39, 0.29) is 0 Å². The molecule has 0 radical (unpaired) electrons. The summed E-state index contributed by atoms with van der Waals surface area (Å²) >= 11 is 5.64. The Labute approximate surface area is 67.2 Å². The molecule has 2 aromatic heterocycles. The zero-order valence-electron chi connectivity index (χ0n) is 5.41. The van der Waals surface area contributed by atoms with E-state index in [0.717, 1.165) is 5.69 Å². The van der Waals surface area contributed by atoms with E-state index in [9.17, 15) is 0 Å². The average molecular weight is 170 g/mol. The third kappa shape index (κ3) is 1.12. The molecule has 4 nitrogen and oxygen atoms in total. The molecule has 56 valence electrons. The number of nitrogens with one attached hydrogen (secondary N) is 1. The highest BCUT2D eigenvalue weighted by Crippen LogP contribution is 2.15. The minimum Gasteiger partial charge on any atom is -0.343 e. The molecule has 0 aliphatic rings. The highest BCUT2D eigenvalue weighted by atomic mass is 35.5. The van der Waals surface area contributed by atoms with Crippen molar-refractivity contribution in [1.29, 1.82) is 0 Å². The van der Waals surface area contributed by atoms with Crippen LogP contribution in [0.15, 0.2) is 23.0 Å². The molecular formula is C6H4ClN3O. The van der Waals surface area contributed by atoms with Crippen molar-refractivity contribution in [3.63, 3.8) is 0 Å². The molecule has 11 heavy (non-hydrogen) atoms. The van der Waals surface area contributed by atoms with Gasteiger partial charge in [-0.2, -0.15) is 4.98 Å². The van der Waals surface area contributed by atoms with Crippen LogP contribution < -0.4 is 0 Å². The van der Waals surface area contributed by atoms with Gasteiger partial charge in [0.05, 0.1) is 5.69 Å². The fourth-order valence-electron chi connectivity index (χ4n) is 0.788. The predicted molar refractivity (Wildman–Crippen MR) is 39.1 cm³/mol. The Morgan fingerprint density at radius 3 is 2.91 bits per heavy atom. The van der Waals surface area contributed by atoms with Crippen LogP contribution in [0.2, 0.25) is 5.15 Å². The second-order valence-electron chi connectivity index (χ2n) is 1.97. The van der Waals surface area contributed by atoms with Crippen LogP contribution in [0.1, 0.15) is 0 Å². The Morgan fingerprint density at radius 1 is 1.45 bits per heavy atom. The van der Waals surface area contributed by atoms with E-state index in [1.165, 1.54) is 6.39 Å². The third-order valence-corrected chi connectivity index (χ3v) is 1.47. The Bertz CT molecular complexity index is 340. The van der Waals surface area contributed by atoms with Crippen molar-refractivity contribution in [3.05, 3.63) is 23.7 Å². The first-order valence-electron chi connectivity index (χ1n) is 2.97. The SMILES string of the molecule is Clc1ccc(-c2ncon2)[nH]1. The van der Waals surface area contributed by atoms with Gasteiger partial charge in [0.25, 0.3) is 0 Å². The van der Waals surface area contributed by atoms with Gasteiger partial charge in [0.15, 0.2) is 0 Å². The number of hydrogen-bond acceptors (Lipinski definition) is 3. The zero-order chi connectivity index (χ0) is 7.68. The monoisotopic (exact) mass is 169 g/mol. The van der Waals surface area contributed by atoms with Gasteiger partial charge in [-0.3, -0.25) is 0 Å². The summed E-state index contributed by atoms with van der Waals surface area (Å²) in [6, 6.07) is 3.51. The normalized spacial score (nSPS) is 10.3. The zero-order valence-corrected chi connectivity index (χ0v) is 6.17. The standard InChI is InChI=1S/C6H4ClN3O/c7-5-2-1-4(9-5)6-8-3-11-10-6/h1-3,9H. The molecule has 0 aromatic carbocycles. The van der Waals surface area contributed by atoms with E-state index in [0.29, 0.717) is 11.0 Å². The van der Waals surface area contributed by atoms with Crippen molar-refractivity contribution >= 4 is 11.6 Å². The van der Waals surface area contributed by atoms with Gasteiger partial charge < -0.3 is 9.51 Å². The molecule has 0 aliphatic carbocycles. The maximum Gasteiger partial charge on any atom is 0.218 e. The summed E-state index contributed by atoms with van der Waals surface area (Å²) in [5.74, 6) is 0.511. The van der Waals surface area contributed by atoms with Crippen LogP contribution in [0.5, 0.6) is 0 Å². The molecule has 2 rings (SSSR count). The molecule has 0 unspecified atom stereocenters. The van der Waals surface area contributed by atoms with Gasteiger partial charge in [-0.25, -0.2) is 0 Å². The second kappa shape index (κ2) is 2.39. The fourth-order valence-corrected chi connectivity index (χ4v) is 0.953. The van der Waals surface area contributed by atoms with Crippen LogP contribution in [0.3, 0.4) is 0 Å². The summed E-state index contributed by atoms with van der Waals surface area (Å²) in [6.45, 7) is 0. The summed E-state index contributed by atoms with van der Waals surface area (Å²) in [7, 11) is 0. The van der Waals surface area contributed by atoms with Gasteiger partial charge in [-0.1, -0.05) is 16.8 Å². The highest BCUT2D eigenvalue weighted by Gasteiger charge is 2.03. The maximum absolute atomic E-state index is 5.64. The van der Waals surface area contributed by atoms with Crippen LogP contribution in [0.25, 0.3) is 11.5 Å². The highest BCUT2D eigenvalue weighted by molar-refractivity contribution is 6.29. The van der Waals surface area contributed by atoms with Gasteiger partial charge in [-0.05, 0) is 12.1 Å². The van der Waals surface area contributed by atoms with Crippen LogP contribution in [0.4, 0.5) is 0 Å². The first kappa shape index (κ1) is 6.42. The predicted octanol–water partition coefficient (Wildman–Crippen LogP) is 1.72. The number of nitrogens with zero attached hydrogens (tertiary/aromatic N) is 2. The molecule has 0 spiro atoms. The number of rotatable bonds is 1. The van der Waals surface area contributed by atoms with Gasteiger partial charge in [0, 0.05) is 0 Å². The Balaban J connectivity index is 2.45. The Morgan fingerprint density at radius 2 is 2.36 bits per heavy atom. The lowest BCUT2D eigenvalue weighted by atomic mass is 10.4. The smallest absolute Gasteiger partial charge is 0.218 e. The van der Waals surface area contributed by atoms with E-state index in [2.05, 4.69) is 19.6 Å². The van der Waals surface area contributed by atoms with Gasteiger partial charge in [0.2, 0.25) is 12.2 Å². The topological polar surface area (TPSA) is 54.7 Å². The first-order chi connectivity index (χ1) is 5.36. The summed E-state index contributed by atoms with van der Waals surface area (Å²) in [5, 5.41) is 4.18. The van der Waals surface area contributed by atoms with Gasteiger partial charge in [-0.15, -0.1) is 0 Å². The summed E-state index contributed by atoms with van der Waals surface area (Å²) in [5.41, 5.74) is 0.753. The lowest BCUT2D eigenvalue weighted by Gasteiger charge is -1.83. The van der Waals surface area contributed by atoms with Crippen molar-refractivity contribution in [2.75, 3.05) is 0 Å². The van der Waals surface area contributed by atoms with Crippen LogP contribution in [-0.4, -0.2) is 15.1 Å². The minimum atomic E-state index is 0.511. The third-order valence-electron chi connectivity index (χ3n) is 1.25. The molecule has 0 fully saturated rings. The van der Waals surface area contributed by atoms with E-state index in [4.69, 9.17) is 11.6 Å². The van der Waals surface area contributed by atoms with Crippen LogP contribution in [-0.2, 0) is 0 Å². The molecule has 2 aromatic rings. The van der Waals surface area contributed by atoms with Crippen LogP contribution >= 0.6 is 11.6 Å². The quantitative estimate of drug-likeness (QED) is 0.707. The number of H-pyrrole nitrogens is 1. The second-order valence-corrected chi connectivity index (χ2v) is 2.38. The molecular weight excluding hydrogens is 166 g/mol. The fraction of sp³-hybridized carbons (Fsp3) is 0. The molecule has 0 amide bonds. The molecule has 0 saturated heterocycles. The molecule has 5 heteroatoms. The lowest BCUT2D eigenvalue weighted by Crippen LogP contribution is -1.77. The van der Waals surface area contributed by atoms with Crippen molar-refractivity contribution in [3.8, 4) is 11.5 Å². The van der Waals surface area contributed by atoms with E-state index >= 15 is 0 Å². The first-order valence-corrected chi connectivity index (χ1v) is 3.35. The number of hydrogen-bond donors (Lipinski definition) is 1. The summed E-state index contributed by atoms with van der Waals surface area (Å²) in [4.78, 5) is 6.69. The Hall–Kier alpha value is -1.29. The minimum absolute atomic E-state index is 0.511. The van der Waals surface area contributed by atoms with E-state index in [1.54, 1.807) is 12.1 Å². The summed E-state index contributed by atoms with van der Waals surface area (Å²) in [6.07, 6.45) is 1.27. The molecule has 1 N–H and O–H groups in total. The van der Waals surface area contributed by atoms with E-state index in [1.807, 2.05) is 0 Å². The average Bonchev–Trinajstić information content (AvgIpc) is 2.55. The van der Waals surface area contributed by atoms with Gasteiger partial charge >= 0.3 is 0 Å². The Kier molecular flexibility index (Phi) is 1.40. The maximum atomic E-state index is 5.64. The number of aromatic amines is 1. The van der Waals surface area contributed by atoms with Crippen molar-refractivity contribution in [1.82, 2.24) is 15.1 Å². The molecule has 0 bridgehead atoms. The number of aromatic nitrogens is 3. The van der Waals surface area contributed by atoms with Crippen molar-refractivity contribution in [2.45, 2.75) is 0 Å². The molecule has 0 aliphatic heterocycles. The molecule has 2 heterocycles.